The molecule has 0 saturated heterocycles. The van der Waals surface area contributed by atoms with Crippen LogP contribution in [0.4, 0.5) is 5.69 Å². The van der Waals surface area contributed by atoms with E-state index in [1.807, 2.05) is 19.1 Å². The number of aromatic nitrogens is 1. The Balaban J connectivity index is 1.65. The fourth-order valence-corrected chi connectivity index (χ4v) is 4.50. The fraction of sp³-hybridized carbons (Fsp3) is 0.458. The number of nitriles is 1. The van der Waals surface area contributed by atoms with Crippen molar-refractivity contribution >= 4 is 11.5 Å². The Morgan fingerprint density at radius 3 is 2.77 bits per heavy atom. The van der Waals surface area contributed by atoms with Crippen LogP contribution in [-0.4, -0.2) is 29.5 Å². The average Bonchev–Trinajstić information content (AvgIpc) is 3.05. The maximum atomic E-state index is 13.0. The van der Waals surface area contributed by atoms with Crippen molar-refractivity contribution in [2.45, 2.75) is 63.5 Å². The molecular formula is C24H26N3O4-. The number of hydrogen-bond acceptors (Lipinski definition) is 7. The maximum Gasteiger partial charge on any atom is 0.205 e. The molecule has 0 spiro atoms. The lowest BCUT2D eigenvalue weighted by atomic mass is 9.87. The highest BCUT2D eigenvalue weighted by molar-refractivity contribution is 6.10. The lowest BCUT2D eigenvalue weighted by molar-refractivity contribution is 0.0957. The molecule has 2 heterocycles. The van der Waals surface area contributed by atoms with Crippen molar-refractivity contribution in [2.75, 3.05) is 11.7 Å². The summed E-state index contributed by atoms with van der Waals surface area (Å²) in [6, 6.07) is 9.80. The predicted molar refractivity (Wildman–Crippen MR) is 116 cm³/mol. The summed E-state index contributed by atoms with van der Waals surface area (Å²) >= 11 is 0. The van der Waals surface area contributed by atoms with Crippen LogP contribution in [0.15, 0.2) is 36.5 Å². The molecule has 2 aliphatic rings. The van der Waals surface area contributed by atoms with Gasteiger partial charge in [0, 0.05) is 18.5 Å². The number of ether oxygens (including phenoxy) is 2. The van der Waals surface area contributed by atoms with Crippen LogP contribution in [0.2, 0.25) is 0 Å². The molecule has 0 amide bonds. The Bertz CT molecular complexity index is 981. The minimum Gasteiger partial charge on any atom is -0.758 e. The van der Waals surface area contributed by atoms with Gasteiger partial charge in [-0.15, -0.1) is 0 Å². The van der Waals surface area contributed by atoms with Crippen LogP contribution >= 0.6 is 0 Å². The lowest BCUT2D eigenvalue weighted by Gasteiger charge is -2.36. The minimum atomic E-state index is -1.02. The molecule has 2 unspecified atom stereocenters. The van der Waals surface area contributed by atoms with E-state index in [4.69, 9.17) is 9.47 Å². The third-order valence-corrected chi connectivity index (χ3v) is 6.01. The van der Waals surface area contributed by atoms with Crippen molar-refractivity contribution in [3.8, 4) is 17.6 Å². The molecule has 0 bridgehead atoms. The van der Waals surface area contributed by atoms with Gasteiger partial charge in [0.15, 0.2) is 11.5 Å². The molecular weight excluding hydrogens is 394 g/mol. The molecule has 4 rings (SSSR count). The van der Waals surface area contributed by atoms with Gasteiger partial charge in [-0.2, -0.15) is 5.26 Å². The Labute approximate surface area is 182 Å². The van der Waals surface area contributed by atoms with Crippen molar-refractivity contribution in [3.05, 3.63) is 53.0 Å². The van der Waals surface area contributed by atoms with E-state index >= 15 is 0 Å². The van der Waals surface area contributed by atoms with Gasteiger partial charge in [0.25, 0.3) is 0 Å². The Morgan fingerprint density at radius 1 is 1.26 bits per heavy atom. The molecule has 162 valence electrons. The molecule has 1 aromatic heterocycles. The maximum absolute atomic E-state index is 13.0. The lowest BCUT2D eigenvalue weighted by Crippen LogP contribution is -2.36. The Kier molecular flexibility index (Phi) is 6.38. The summed E-state index contributed by atoms with van der Waals surface area (Å²) in [5, 5.41) is 23.1. The van der Waals surface area contributed by atoms with Crippen LogP contribution in [0.5, 0.6) is 11.5 Å². The summed E-state index contributed by atoms with van der Waals surface area (Å²) in [4.78, 5) is 17.1. The zero-order valence-corrected chi connectivity index (χ0v) is 17.6. The quantitative estimate of drug-likeness (QED) is 0.637. The van der Waals surface area contributed by atoms with Gasteiger partial charge in [0.1, 0.15) is 5.69 Å². The van der Waals surface area contributed by atoms with Gasteiger partial charge >= 0.3 is 0 Å². The van der Waals surface area contributed by atoms with E-state index in [1.54, 1.807) is 18.2 Å². The second kappa shape index (κ2) is 9.36. The summed E-state index contributed by atoms with van der Waals surface area (Å²) in [6.45, 7) is 2.35. The number of rotatable bonds is 7. The highest BCUT2D eigenvalue weighted by atomic mass is 16.5. The third-order valence-electron chi connectivity index (χ3n) is 6.01. The van der Waals surface area contributed by atoms with Crippen molar-refractivity contribution in [1.29, 1.82) is 5.26 Å². The summed E-state index contributed by atoms with van der Waals surface area (Å²) in [7, 11) is 0. The summed E-state index contributed by atoms with van der Waals surface area (Å²) < 4.78 is 12.0. The van der Waals surface area contributed by atoms with Gasteiger partial charge in [0.2, 0.25) is 5.78 Å². The molecule has 2 aromatic rings. The molecule has 0 radical (unpaired) electrons. The first kappa shape index (κ1) is 21.1. The zero-order valence-electron chi connectivity index (χ0n) is 17.6. The molecule has 7 nitrogen and oxygen atoms in total. The van der Waals surface area contributed by atoms with Crippen LogP contribution in [-0.2, 0) is 0 Å². The number of carbonyl (C=O) groups is 1. The second-order valence-corrected chi connectivity index (χ2v) is 7.99. The molecule has 2 atom stereocenters. The standard InChI is InChI=1S/C24H26N3O4/c1-2-30-21-15-16(10-11-20(21)31-17-7-4-3-5-8-17)18(12-13-25)23-24(28)22-19(27(23)29)9-6-14-26-22/h6,9-11,14-15,17-18,23H,2-5,7-8,12H2,1H3/q-1. The van der Waals surface area contributed by atoms with Gasteiger partial charge < -0.3 is 19.7 Å². The predicted octanol–water partition coefficient (Wildman–Crippen LogP) is 4.76. The molecule has 1 saturated carbocycles. The number of Topliss-reactive ketones (excluding diaryl/α,β-unsaturated/α-hetero) is 1. The highest BCUT2D eigenvalue weighted by Crippen LogP contribution is 2.41. The second-order valence-electron chi connectivity index (χ2n) is 7.99. The van der Waals surface area contributed by atoms with Crippen LogP contribution in [0.25, 0.3) is 0 Å². The topological polar surface area (TPSA) is 98.5 Å². The third kappa shape index (κ3) is 4.21. The number of fused-ring (bicyclic) bond motifs is 1. The minimum absolute atomic E-state index is 0.0253. The number of hydrogen-bond donors (Lipinski definition) is 0. The van der Waals surface area contributed by atoms with Crippen LogP contribution in [0, 0.1) is 16.5 Å². The smallest absolute Gasteiger partial charge is 0.205 e. The van der Waals surface area contributed by atoms with Crippen LogP contribution in [0.1, 0.15) is 67.4 Å². The molecule has 0 N–H and O–H groups in total. The number of pyridine rings is 1. The van der Waals surface area contributed by atoms with Crippen molar-refractivity contribution < 1.29 is 14.3 Å². The highest BCUT2D eigenvalue weighted by Gasteiger charge is 2.39. The van der Waals surface area contributed by atoms with Crippen LogP contribution in [0.3, 0.4) is 0 Å². The molecule has 1 fully saturated rings. The first-order chi connectivity index (χ1) is 15.1. The SMILES string of the molecule is CCOc1cc(C(CC#N)C2C(=O)c3ncccc3N2[O-])ccc1OC1CCCCC1. The van der Waals surface area contributed by atoms with E-state index in [1.165, 1.54) is 12.6 Å². The fourth-order valence-electron chi connectivity index (χ4n) is 4.50. The average molecular weight is 420 g/mol. The van der Waals surface area contributed by atoms with E-state index in [-0.39, 0.29) is 29.7 Å². The summed E-state index contributed by atoms with van der Waals surface area (Å²) in [5.41, 5.74) is 1.11. The van der Waals surface area contributed by atoms with Crippen molar-refractivity contribution in [3.63, 3.8) is 0 Å². The van der Waals surface area contributed by atoms with Gasteiger partial charge in [-0.1, -0.05) is 12.5 Å². The monoisotopic (exact) mass is 420 g/mol. The molecule has 7 heteroatoms. The number of anilines is 1. The Hall–Kier alpha value is -3.11. The summed E-state index contributed by atoms with van der Waals surface area (Å²) in [6.07, 6.45) is 7.31. The molecule has 1 aliphatic heterocycles. The van der Waals surface area contributed by atoms with E-state index < -0.39 is 12.0 Å². The first-order valence-corrected chi connectivity index (χ1v) is 10.9. The van der Waals surface area contributed by atoms with Crippen molar-refractivity contribution in [1.82, 2.24) is 4.98 Å². The first-order valence-electron chi connectivity index (χ1n) is 10.9. The number of ketones is 1. The van der Waals surface area contributed by atoms with Crippen LogP contribution < -0.4 is 14.5 Å². The van der Waals surface area contributed by atoms with Gasteiger partial charge in [-0.25, -0.2) is 0 Å². The summed E-state index contributed by atoms with van der Waals surface area (Å²) in [5.74, 6) is 0.278. The normalized spacial score (nSPS) is 19.6. The largest absolute Gasteiger partial charge is 0.758 e. The molecule has 1 aliphatic carbocycles. The number of carbonyl (C=O) groups excluding carboxylic acids is 1. The van der Waals surface area contributed by atoms with E-state index in [0.717, 1.165) is 25.7 Å². The van der Waals surface area contributed by atoms with E-state index in [2.05, 4.69) is 11.1 Å². The molecule has 31 heavy (non-hydrogen) atoms. The van der Waals surface area contributed by atoms with E-state index in [0.29, 0.717) is 28.7 Å². The number of benzene rings is 1. The Morgan fingerprint density at radius 2 is 2.06 bits per heavy atom. The van der Waals surface area contributed by atoms with E-state index in [9.17, 15) is 15.3 Å². The number of hydroxylamine groups is 1. The van der Waals surface area contributed by atoms with Crippen molar-refractivity contribution in [2.24, 2.45) is 0 Å². The van der Waals surface area contributed by atoms with Gasteiger partial charge in [0.05, 0.1) is 30.5 Å². The van der Waals surface area contributed by atoms with Gasteiger partial charge in [-0.05, 0) is 62.4 Å². The zero-order chi connectivity index (χ0) is 21.8. The van der Waals surface area contributed by atoms with Gasteiger partial charge in [-0.3, -0.25) is 9.78 Å². The molecule has 1 aromatic carbocycles. The number of nitrogens with zero attached hydrogens (tertiary/aromatic N) is 3.